The lowest BCUT2D eigenvalue weighted by Crippen LogP contribution is -2.64. The van der Waals surface area contributed by atoms with Gasteiger partial charge in [0.05, 0.1) is 18.3 Å². The number of Topliss-reactive ketones (excluding diaryl/α,β-unsaturated/α-hetero) is 1. The summed E-state index contributed by atoms with van der Waals surface area (Å²) in [6.45, 7) is 5.37. The lowest BCUT2D eigenvalue weighted by molar-refractivity contribution is -0.203. The van der Waals surface area contributed by atoms with Gasteiger partial charge in [-0.3, -0.25) is 9.59 Å². The molecule has 0 amide bonds. The SMILES string of the molecule is CCCC1O[C@@H]2C[C@H]3[C@@H]4C[C@@H](O)C5=CC(=O)C=C[C@]5(C)[C@H]4[C@@H](O)C[C@]3(C)[C@]2(C(=O)CO)O1. The summed E-state index contributed by atoms with van der Waals surface area (Å²) in [4.78, 5) is 25.3. The van der Waals surface area contributed by atoms with Gasteiger partial charge in [-0.25, -0.2) is 0 Å². The first-order chi connectivity index (χ1) is 15.1. The monoisotopic (exact) mass is 446 g/mol. The molecule has 7 heteroatoms. The molecule has 1 aliphatic heterocycles. The molecule has 32 heavy (non-hydrogen) atoms. The van der Waals surface area contributed by atoms with Crippen LogP contribution in [0.1, 0.15) is 52.9 Å². The third-order valence-corrected chi connectivity index (χ3v) is 9.39. The van der Waals surface area contributed by atoms with Crippen LogP contribution < -0.4 is 0 Å². The minimum Gasteiger partial charge on any atom is -0.393 e. The van der Waals surface area contributed by atoms with Gasteiger partial charge in [-0.2, -0.15) is 0 Å². The minimum atomic E-state index is -1.29. The van der Waals surface area contributed by atoms with E-state index >= 15 is 0 Å². The van der Waals surface area contributed by atoms with Crippen molar-refractivity contribution in [1.29, 1.82) is 0 Å². The number of allylic oxidation sites excluding steroid dienone is 3. The smallest absolute Gasteiger partial charge is 0.193 e. The number of carbonyl (C=O) groups is 2. The van der Waals surface area contributed by atoms with Crippen molar-refractivity contribution in [3.63, 3.8) is 0 Å². The Labute approximate surface area is 188 Å². The molecule has 7 nitrogen and oxygen atoms in total. The van der Waals surface area contributed by atoms with Gasteiger partial charge in [0, 0.05) is 16.7 Å². The van der Waals surface area contributed by atoms with Gasteiger partial charge >= 0.3 is 0 Å². The summed E-state index contributed by atoms with van der Waals surface area (Å²) in [6, 6.07) is 0. The zero-order valence-corrected chi connectivity index (χ0v) is 19.0. The van der Waals surface area contributed by atoms with Crippen LogP contribution in [0.5, 0.6) is 0 Å². The maximum Gasteiger partial charge on any atom is 0.193 e. The highest BCUT2D eigenvalue weighted by atomic mass is 16.7. The molecular formula is C25H34O7. The van der Waals surface area contributed by atoms with E-state index in [-0.39, 0.29) is 29.3 Å². The quantitative estimate of drug-likeness (QED) is 0.602. The molecule has 0 bridgehead atoms. The fourth-order valence-electron chi connectivity index (χ4n) is 8.18. The van der Waals surface area contributed by atoms with Gasteiger partial charge in [-0.05, 0) is 55.2 Å². The Morgan fingerprint density at radius 2 is 2.00 bits per heavy atom. The van der Waals surface area contributed by atoms with Gasteiger partial charge in [-0.15, -0.1) is 0 Å². The number of rotatable bonds is 4. The molecule has 1 unspecified atom stereocenters. The molecule has 3 N–H and O–H groups in total. The number of aliphatic hydroxyl groups is 3. The largest absolute Gasteiger partial charge is 0.393 e. The Morgan fingerprint density at radius 3 is 2.69 bits per heavy atom. The third-order valence-electron chi connectivity index (χ3n) is 9.39. The average Bonchev–Trinajstić information content (AvgIpc) is 3.21. The molecular weight excluding hydrogens is 412 g/mol. The number of aliphatic hydroxyl groups excluding tert-OH is 3. The van der Waals surface area contributed by atoms with Crippen LogP contribution in [0.15, 0.2) is 23.8 Å². The van der Waals surface area contributed by atoms with Gasteiger partial charge in [0.15, 0.2) is 23.5 Å². The molecule has 5 aliphatic rings. The Hall–Kier alpha value is -1.38. The van der Waals surface area contributed by atoms with Crippen LogP contribution in [0.4, 0.5) is 0 Å². The average molecular weight is 447 g/mol. The zero-order valence-electron chi connectivity index (χ0n) is 19.0. The maximum atomic E-state index is 13.2. The van der Waals surface area contributed by atoms with Crippen molar-refractivity contribution in [2.24, 2.45) is 28.6 Å². The molecule has 0 aromatic heterocycles. The molecule has 5 rings (SSSR count). The van der Waals surface area contributed by atoms with Gasteiger partial charge < -0.3 is 24.8 Å². The van der Waals surface area contributed by atoms with E-state index in [2.05, 4.69) is 0 Å². The summed E-state index contributed by atoms with van der Waals surface area (Å²) >= 11 is 0. The van der Waals surface area contributed by atoms with Crippen LogP contribution in [0.3, 0.4) is 0 Å². The number of hydrogen-bond donors (Lipinski definition) is 3. The van der Waals surface area contributed by atoms with Crippen molar-refractivity contribution in [3.8, 4) is 0 Å². The molecule has 1 saturated heterocycles. The topological polar surface area (TPSA) is 113 Å². The summed E-state index contributed by atoms with van der Waals surface area (Å²) in [5.41, 5.74) is -1.98. The van der Waals surface area contributed by atoms with E-state index in [4.69, 9.17) is 9.47 Å². The van der Waals surface area contributed by atoms with E-state index in [9.17, 15) is 24.9 Å². The second kappa shape index (κ2) is 7.31. The third kappa shape index (κ3) is 2.66. The van der Waals surface area contributed by atoms with E-state index in [1.165, 1.54) is 12.2 Å². The van der Waals surface area contributed by atoms with Crippen molar-refractivity contribution in [3.05, 3.63) is 23.8 Å². The zero-order chi connectivity index (χ0) is 23.1. The number of carbonyl (C=O) groups excluding carboxylic acids is 2. The van der Waals surface area contributed by atoms with E-state index in [1.54, 1.807) is 0 Å². The van der Waals surface area contributed by atoms with E-state index in [0.717, 1.165) is 6.42 Å². The summed E-state index contributed by atoms with van der Waals surface area (Å²) in [6.07, 6.45) is 5.21. The van der Waals surface area contributed by atoms with E-state index in [0.29, 0.717) is 31.3 Å². The predicted octanol–water partition coefficient (Wildman–Crippen LogP) is 1.69. The second-order valence-electron chi connectivity index (χ2n) is 10.9. The van der Waals surface area contributed by atoms with Gasteiger partial charge in [0.1, 0.15) is 6.61 Å². The van der Waals surface area contributed by atoms with Crippen LogP contribution >= 0.6 is 0 Å². The summed E-state index contributed by atoms with van der Waals surface area (Å²) in [7, 11) is 0. The Bertz CT molecular complexity index is 895. The van der Waals surface area contributed by atoms with E-state index < -0.39 is 47.6 Å². The number of fused-ring (bicyclic) bond motifs is 7. The Balaban J connectivity index is 1.58. The van der Waals surface area contributed by atoms with Crippen molar-refractivity contribution in [1.82, 2.24) is 0 Å². The van der Waals surface area contributed by atoms with Crippen LogP contribution in [0, 0.1) is 28.6 Å². The van der Waals surface area contributed by atoms with Gasteiger partial charge in [-0.1, -0.05) is 33.3 Å². The van der Waals surface area contributed by atoms with Crippen molar-refractivity contribution >= 4 is 11.6 Å². The highest BCUT2D eigenvalue weighted by Gasteiger charge is 2.76. The molecule has 0 aromatic rings. The molecule has 4 aliphatic carbocycles. The highest BCUT2D eigenvalue weighted by Crippen LogP contribution is 2.69. The Morgan fingerprint density at radius 1 is 1.25 bits per heavy atom. The summed E-state index contributed by atoms with van der Waals surface area (Å²) < 4.78 is 12.6. The molecule has 4 fully saturated rings. The number of hydrogen-bond acceptors (Lipinski definition) is 7. The van der Waals surface area contributed by atoms with E-state index in [1.807, 2.05) is 26.8 Å². The number of ether oxygens (including phenoxy) is 2. The van der Waals surface area contributed by atoms with Crippen molar-refractivity contribution in [2.75, 3.05) is 6.61 Å². The van der Waals surface area contributed by atoms with Crippen molar-refractivity contribution < 1.29 is 34.4 Å². The summed E-state index contributed by atoms with van der Waals surface area (Å²) in [5.74, 6) is -0.825. The molecule has 0 spiro atoms. The van der Waals surface area contributed by atoms with Gasteiger partial charge in [0.2, 0.25) is 0 Å². The lowest BCUT2D eigenvalue weighted by atomic mass is 9.45. The molecule has 176 valence electrons. The first-order valence-electron chi connectivity index (χ1n) is 11.9. The molecule has 0 aromatic carbocycles. The van der Waals surface area contributed by atoms with Crippen LogP contribution in [0.2, 0.25) is 0 Å². The van der Waals surface area contributed by atoms with Crippen LogP contribution in [-0.4, -0.2) is 63.7 Å². The maximum absolute atomic E-state index is 13.2. The normalized spacial score (nSPS) is 51.5. The molecule has 10 atom stereocenters. The van der Waals surface area contributed by atoms with Crippen molar-refractivity contribution in [2.45, 2.75) is 83.1 Å². The Kier molecular flexibility index (Phi) is 5.12. The highest BCUT2D eigenvalue weighted by molar-refractivity contribution is 6.01. The second-order valence-corrected chi connectivity index (χ2v) is 10.9. The molecule has 1 heterocycles. The number of ketones is 2. The first kappa shape index (κ1) is 22.4. The predicted molar refractivity (Wildman–Crippen MR) is 114 cm³/mol. The first-order valence-corrected chi connectivity index (χ1v) is 11.9. The fraction of sp³-hybridized carbons (Fsp3) is 0.760. The summed E-state index contributed by atoms with van der Waals surface area (Å²) in [5, 5.41) is 32.5. The lowest BCUT2D eigenvalue weighted by Gasteiger charge is -2.60. The molecule has 3 saturated carbocycles. The minimum absolute atomic E-state index is 0.0296. The van der Waals surface area contributed by atoms with Crippen LogP contribution in [-0.2, 0) is 19.1 Å². The van der Waals surface area contributed by atoms with Crippen LogP contribution in [0.25, 0.3) is 0 Å². The van der Waals surface area contributed by atoms with Gasteiger partial charge in [0.25, 0.3) is 0 Å². The fourth-order valence-corrected chi connectivity index (χ4v) is 8.18. The molecule has 0 radical (unpaired) electrons. The standard InChI is InChI=1S/C25H34O7/c1-4-5-21-31-20-10-15-14-9-17(28)16-8-13(27)6-7-23(16,2)22(14)18(29)11-24(15,3)25(20,32-21)19(30)12-26/h6-8,14-15,17-18,20-22,26,28-29H,4-5,9-12H2,1-3H3/t14-,15-,17+,18-,20+,21?,22+,23-,24-,25+/m0/s1.